The number of thiophene rings is 1. The van der Waals surface area contributed by atoms with E-state index in [1.54, 1.807) is 6.33 Å². The van der Waals surface area contributed by atoms with Crippen LogP contribution in [0.2, 0.25) is 0 Å². The largest absolute Gasteiger partial charge is 0.367 e. The Bertz CT molecular complexity index is 743. The second-order valence-electron chi connectivity index (χ2n) is 8.46. The lowest BCUT2D eigenvalue weighted by molar-refractivity contribution is 0.331. The molecule has 2 aliphatic rings. The number of nitrogens with one attached hydrogen (secondary N) is 2. The molecule has 136 valence electrons. The molecule has 0 radical (unpaired) electrons. The van der Waals surface area contributed by atoms with Crippen LogP contribution < -0.4 is 10.6 Å². The second-order valence-corrected chi connectivity index (χ2v) is 9.54. The topological polar surface area (TPSA) is 49.8 Å². The summed E-state index contributed by atoms with van der Waals surface area (Å²) in [5.74, 6) is 1.91. The number of hydrogen-bond acceptors (Lipinski definition) is 5. The van der Waals surface area contributed by atoms with E-state index in [2.05, 4.69) is 41.5 Å². The minimum Gasteiger partial charge on any atom is -0.367 e. The summed E-state index contributed by atoms with van der Waals surface area (Å²) in [7, 11) is 2.06. The normalized spacial score (nSPS) is 25.7. The van der Waals surface area contributed by atoms with Crippen LogP contribution in [0.1, 0.15) is 62.8 Å². The highest BCUT2D eigenvalue weighted by Gasteiger charge is 2.33. The van der Waals surface area contributed by atoms with Gasteiger partial charge in [0.15, 0.2) is 0 Å². The van der Waals surface area contributed by atoms with Crippen LogP contribution in [0.4, 0.5) is 5.82 Å². The number of hydrogen-bond donors (Lipinski definition) is 2. The van der Waals surface area contributed by atoms with Gasteiger partial charge < -0.3 is 10.6 Å². The Morgan fingerprint density at radius 2 is 2.00 bits per heavy atom. The summed E-state index contributed by atoms with van der Waals surface area (Å²) in [5.41, 5.74) is 1.75. The summed E-state index contributed by atoms with van der Waals surface area (Å²) >= 11 is 1.89. The van der Waals surface area contributed by atoms with Crippen molar-refractivity contribution in [1.29, 1.82) is 0 Å². The van der Waals surface area contributed by atoms with E-state index in [1.807, 2.05) is 11.3 Å². The van der Waals surface area contributed by atoms with Crippen LogP contribution in [0.3, 0.4) is 0 Å². The lowest BCUT2D eigenvalue weighted by Crippen LogP contribution is -2.30. The number of aromatic nitrogens is 2. The molecule has 0 aliphatic heterocycles. The monoisotopic (exact) mass is 358 g/mol. The fourth-order valence-corrected chi connectivity index (χ4v) is 6.15. The van der Waals surface area contributed by atoms with Gasteiger partial charge in [-0.2, -0.15) is 0 Å². The van der Waals surface area contributed by atoms with Crippen LogP contribution in [-0.2, 0) is 11.8 Å². The molecule has 25 heavy (non-hydrogen) atoms. The number of rotatable bonds is 4. The molecule has 1 fully saturated rings. The summed E-state index contributed by atoms with van der Waals surface area (Å²) in [6, 6.07) is 0.549. The molecule has 2 aromatic heterocycles. The molecule has 2 aliphatic carbocycles. The van der Waals surface area contributed by atoms with Gasteiger partial charge in [0.25, 0.3) is 0 Å². The molecule has 0 unspecified atom stereocenters. The van der Waals surface area contributed by atoms with Crippen molar-refractivity contribution < 1.29 is 0 Å². The van der Waals surface area contributed by atoms with Crippen LogP contribution >= 0.6 is 11.3 Å². The van der Waals surface area contributed by atoms with Gasteiger partial charge in [-0.05, 0) is 75.4 Å². The minimum absolute atomic E-state index is 0.234. The van der Waals surface area contributed by atoms with E-state index < -0.39 is 0 Å². The van der Waals surface area contributed by atoms with Gasteiger partial charge in [-0.25, -0.2) is 9.97 Å². The van der Waals surface area contributed by atoms with Crippen LogP contribution in [0.5, 0.6) is 0 Å². The quantitative estimate of drug-likeness (QED) is 0.845. The van der Waals surface area contributed by atoms with E-state index in [-0.39, 0.29) is 5.41 Å². The molecule has 0 saturated heterocycles. The predicted molar refractivity (Wildman–Crippen MR) is 107 cm³/mol. The molecule has 0 spiro atoms. The highest BCUT2D eigenvalue weighted by atomic mass is 32.1. The van der Waals surface area contributed by atoms with Gasteiger partial charge in [-0.15, -0.1) is 11.3 Å². The van der Waals surface area contributed by atoms with Crippen molar-refractivity contribution in [3.8, 4) is 0 Å². The zero-order valence-electron chi connectivity index (χ0n) is 15.7. The lowest BCUT2D eigenvalue weighted by atomic mass is 9.75. The Balaban J connectivity index is 1.62. The summed E-state index contributed by atoms with van der Waals surface area (Å²) < 4.78 is 0. The fraction of sp³-hybridized carbons (Fsp3) is 0.700. The van der Waals surface area contributed by atoms with Crippen molar-refractivity contribution in [2.45, 2.75) is 70.3 Å². The molecule has 4 rings (SSSR count). The first-order valence-corrected chi connectivity index (χ1v) is 10.6. The molecule has 1 saturated carbocycles. The summed E-state index contributed by atoms with van der Waals surface area (Å²) in [5, 5.41) is 8.43. The van der Waals surface area contributed by atoms with E-state index in [0.29, 0.717) is 6.04 Å². The van der Waals surface area contributed by atoms with Crippen LogP contribution in [0, 0.1) is 5.92 Å². The van der Waals surface area contributed by atoms with E-state index in [0.717, 1.165) is 18.3 Å². The average Bonchev–Trinajstić information content (AvgIpc) is 2.98. The molecular formula is C20H30N4S. The van der Waals surface area contributed by atoms with E-state index in [9.17, 15) is 0 Å². The van der Waals surface area contributed by atoms with E-state index >= 15 is 0 Å². The zero-order chi connectivity index (χ0) is 17.4. The van der Waals surface area contributed by atoms with Crippen molar-refractivity contribution >= 4 is 27.4 Å². The van der Waals surface area contributed by atoms with Gasteiger partial charge in [0.05, 0.1) is 5.39 Å². The van der Waals surface area contributed by atoms with Crippen molar-refractivity contribution in [2.24, 2.45) is 5.92 Å². The van der Waals surface area contributed by atoms with E-state index in [1.165, 1.54) is 65.6 Å². The fourth-order valence-electron chi connectivity index (χ4n) is 4.79. The Kier molecular flexibility index (Phi) is 4.71. The molecule has 0 amide bonds. The third-order valence-electron chi connectivity index (χ3n) is 6.12. The Labute approximate surface area is 154 Å². The predicted octanol–water partition coefficient (Wildman–Crippen LogP) is 4.50. The first-order chi connectivity index (χ1) is 12.1. The third-order valence-corrected chi connectivity index (χ3v) is 7.28. The van der Waals surface area contributed by atoms with Crippen molar-refractivity contribution in [2.75, 3.05) is 18.9 Å². The minimum atomic E-state index is 0.234. The summed E-state index contributed by atoms with van der Waals surface area (Å²) in [6.45, 7) is 5.92. The maximum atomic E-state index is 4.67. The maximum absolute atomic E-state index is 4.67. The van der Waals surface area contributed by atoms with Gasteiger partial charge >= 0.3 is 0 Å². The molecule has 0 aromatic carbocycles. The Morgan fingerprint density at radius 1 is 1.20 bits per heavy atom. The molecule has 2 aromatic rings. The average molecular weight is 359 g/mol. The maximum Gasteiger partial charge on any atom is 0.138 e. The van der Waals surface area contributed by atoms with Crippen LogP contribution in [0.15, 0.2) is 6.33 Å². The first-order valence-electron chi connectivity index (χ1n) is 9.76. The summed E-state index contributed by atoms with van der Waals surface area (Å²) in [6.07, 6.45) is 10.6. The molecule has 4 nitrogen and oxygen atoms in total. The molecule has 2 heterocycles. The molecular weight excluding hydrogens is 328 g/mol. The molecule has 2 N–H and O–H groups in total. The zero-order valence-corrected chi connectivity index (χ0v) is 16.5. The molecule has 0 bridgehead atoms. The van der Waals surface area contributed by atoms with Gasteiger partial charge in [0.2, 0.25) is 0 Å². The molecule has 0 atom stereocenters. The van der Waals surface area contributed by atoms with Crippen molar-refractivity contribution in [1.82, 2.24) is 15.3 Å². The van der Waals surface area contributed by atoms with Gasteiger partial charge in [0.1, 0.15) is 17.0 Å². The highest BCUT2D eigenvalue weighted by molar-refractivity contribution is 7.19. The smallest absolute Gasteiger partial charge is 0.138 e. The standard InChI is InChI=1S/C20H30N4S/c1-20(2)10-4-5-15-17(20)16-18(22-12-23-19(16)25-15)24-14-8-6-13(7-9-14)11-21-3/h12-14,21H,4-11H2,1-3H3,(H,22,23,24). The Hall–Kier alpha value is -1.20. The van der Waals surface area contributed by atoms with Crippen LogP contribution in [-0.4, -0.2) is 29.6 Å². The SMILES string of the molecule is CNCC1CCC(Nc2ncnc3sc4c(c23)C(C)(C)CCC4)CC1. The number of fused-ring (bicyclic) bond motifs is 3. The van der Waals surface area contributed by atoms with Crippen LogP contribution in [0.25, 0.3) is 10.2 Å². The summed E-state index contributed by atoms with van der Waals surface area (Å²) in [4.78, 5) is 12.0. The number of nitrogens with zero attached hydrogens (tertiary/aromatic N) is 2. The second kappa shape index (κ2) is 6.84. The number of aryl methyl sites for hydroxylation is 1. The van der Waals surface area contributed by atoms with Gasteiger partial charge in [0, 0.05) is 10.9 Å². The van der Waals surface area contributed by atoms with Crippen molar-refractivity contribution in [3.05, 3.63) is 16.8 Å². The highest BCUT2D eigenvalue weighted by Crippen LogP contribution is 2.46. The van der Waals surface area contributed by atoms with Gasteiger partial charge in [-0.3, -0.25) is 0 Å². The van der Waals surface area contributed by atoms with E-state index in [4.69, 9.17) is 0 Å². The third kappa shape index (κ3) is 3.28. The van der Waals surface area contributed by atoms with Gasteiger partial charge in [-0.1, -0.05) is 13.8 Å². The number of anilines is 1. The van der Waals surface area contributed by atoms with Crippen molar-refractivity contribution in [3.63, 3.8) is 0 Å². The lowest BCUT2D eigenvalue weighted by Gasteiger charge is -2.32. The first kappa shape index (κ1) is 17.2. The molecule has 5 heteroatoms. The Morgan fingerprint density at radius 3 is 2.76 bits per heavy atom.